The summed E-state index contributed by atoms with van der Waals surface area (Å²) in [5.41, 5.74) is 0. The summed E-state index contributed by atoms with van der Waals surface area (Å²) in [6.07, 6.45) is 5.82. The molecule has 1 aromatic carbocycles. The first-order valence-corrected chi connectivity index (χ1v) is 4.58. The van der Waals surface area contributed by atoms with Gasteiger partial charge in [0.05, 0.1) is 5.36 Å². The second-order valence-corrected chi connectivity index (χ2v) is 2.97. The molecule has 2 rings (SSSR count). The van der Waals surface area contributed by atoms with Crippen LogP contribution in [0, 0.1) is 0 Å². The molecule has 0 radical (unpaired) electrons. The molecule has 0 saturated carbocycles. The lowest BCUT2D eigenvalue weighted by Gasteiger charge is -2.06. The van der Waals surface area contributed by atoms with E-state index in [0.29, 0.717) is 6.00 Å². The zero-order chi connectivity index (χ0) is 9.10. The number of rotatable bonds is 1. The van der Waals surface area contributed by atoms with Crippen LogP contribution < -0.4 is 10.6 Å². The van der Waals surface area contributed by atoms with Gasteiger partial charge in [-0.15, -0.1) is 11.6 Å². The quantitative estimate of drug-likeness (QED) is 0.480. The van der Waals surface area contributed by atoms with Gasteiger partial charge in [0, 0.05) is 11.4 Å². The van der Waals surface area contributed by atoms with Gasteiger partial charge >= 0.3 is 0 Å². The summed E-state index contributed by atoms with van der Waals surface area (Å²) in [4.78, 5) is 0. The van der Waals surface area contributed by atoms with E-state index in [0.717, 1.165) is 10.6 Å². The molecule has 1 aliphatic heterocycles. The van der Waals surface area contributed by atoms with Gasteiger partial charge in [-0.05, 0) is 12.1 Å². The van der Waals surface area contributed by atoms with Crippen LogP contribution in [0.25, 0.3) is 6.08 Å². The predicted molar refractivity (Wildman–Crippen MR) is 53.4 cm³/mol. The molecule has 0 saturated heterocycles. The van der Waals surface area contributed by atoms with Gasteiger partial charge in [-0.25, -0.2) is 0 Å². The average molecular weight is 193 g/mol. The van der Waals surface area contributed by atoms with Crippen molar-refractivity contribution in [1.29, 1.82) is 0 Å². The first-order chi connectivity index (χ1) is 6.40. The molecule has 0 amide bonds. The fraction of sp³-hybridized carbons (Fsp3) is 0.100. The van der Waals surface area contributed by atoms with Crippen molar-refractivity contribution < 1.29 is 0 Å². The summed E-state index contributed by atoms with van der Waals surface area (Å²) >= 11 is 5.69. The van der Waals surface area contributed by atoms with Crippen molar-refractivity contribution in [3.05, 3.63) is 47.1 Å². The summed E-state index contributed by atoms with van der Waals surface area (Å²) in [7, 11) is 0. The molecule has 13 heavy (non-hydrogen) atoms. The number of hydrogen-bond acceptors (Lipinski definition) is 2. The third kappa shape index (κ3) is 1.73. The topological polar surface area (TPSA) is 15.6 Å². The Balaban J connectivity index is 2.62. The van der Waals surface area contributed by atoms with Crippen LogP contribution in [-0.2, 0) is 0 Å². The van der Waals surface area contributed by atoms with Crippen LogP contribution >= 0.6 is 11.6 Å². The number of alkyl halides is 1. The van der Waals surface area contributed by atoms with Crippen LogP contribution in [-0.4, -0.2) is 11.0 Å². The molecule has 3 heteroatoms. The third-order valence-corrected chi connectivity index (χ3v) is 2.07. The van der Waals surface area contributed by atoms with Crippen LogP contribution in [0.15, 0.2) is 41.6 Å². The van der Waals surface area contributed by atoms with Crippen LogP contribution in [0.3, 0.4) is 0 Å². The van der Waals surface area contributed by atoms with E-state index in [-0.39, 0.29) is 0 Å². The predicted octanol–water partition coefficient (Wildman–Crippen LogP) is 1.03. The second-order valence-electron chi connectivity index (χ2n) is 2.73. The Bertz CT molecular complexity index is 436. The van der Waals surface area contributed by atoms with Gasteiger partial charge in [0.25, 0.3) is 0 Å². The highest BCUT2D eigenvalue weighted by Crippen LogP contribution is 1.94. The van der Waals surface area contributed by atoms with Crippen molar-refractivity contribution >= 4 is 17.7 Å². The first-order valence-electron chi connectivity index (χ1n) is 4.05. The van der Waals surface area contributed by atoms with Crippen LogP contribution in [0.5, 0.6) is 0 Å². The van der Waals surface area contributed by atoms with E-state index in [4.69, 9.17) is 11.6 Å². The third-order valence-electron chi connectivity index (χ3n) is 1.83. The van der Waals surface area contributed by atoms with Gasteiger partial charge in [-0.1, -0.05) is 24.3 Å². The second kappa shape index (κ2) is 3.62. The number of allylic oxidation sites excluding steroid dienone is 1. The first kappa shape index (κ1) is 8.32. The summed E-state index contributed by atoms with van der Waals surface area (Å²) < 4.78 is 0. The van der Waals surface area contributed by atoms with E-state index in [2.05, 4.69) is 5.10 Å². The highest BCUT2D eigenvalue weighted by Gasteiger charge is 1.94. The lowest BCUT2D eigenvalue weighted by Crippen LogP contribution is -2.26. The summed E-state index contributed by atoms with van der Waals surface area (Å²) in [6, 6.07) is 8.33. The summed E-state index contributed by atoms with van der Waals surface area (Å²) in [6.45, 7) is 0. The maximum Gasteiger partial charge on any atom is 0.115 e. The molecule has 66 valence electrons. The zero-order valence-corrected chi connectivity index (χ0v) is 7.78. The van der Waals surface area contributed by atoms with Crippen molar-refractivity contribution in [1.82, 2.24) is 5.01 Å². The average Bonchev–Trinajstić information content (AvgIpc) is 2.38. The molecule has 1 aromatic rings. The molecule has 0 unspecified atom stereocenters. The molecule has 0 spiro atoms. The van der Waals surface area contributed by atoms with Gasteiger partial charge in [-0.3, -0.25) is 5.01 Å². The van der Waals surface area contributed by atoms with Crippen molar-refractivity contribution in [2.75, 3.05) is 6.00 Å². The Labute approximate surface area is 81.4 Å². The van der Waals surface area contributed by atoms with Crippen molar-refractivity contribution in [2.24, 2.45) is 5.10 Å². The van der Waals surface area contributed by atoms with Crippen molar-refractivity contribution in [3.8, 4) is 0 Å². The normalized spacial score (nSPS) is 14.1. The van der Waals surface area contributed by atoms with Crippen LogP contribution in [0.4, 0.5) is 0 Å². The molecule has 1 heterocycles. The van der Waals surface area contributed by atoms with Gasteiger partial charge in [-0.2, -0.15) is 5.10 Å². The van der Waals surface area contributed by atoms with Crippen LogP contribution in [0.1, 0.15) is 0 Å². The number of nitrogens with zero attached hydrogens (tertiary/aromatic N) is 2. The minimum Gasteiger partial charge on any atom is -0.257 e. The van der Waals surface area contributed by atoms with Crippen molar-refractivity contribution in [2.45, 2.75) is 0 Å². The molecule has 0 atom stereocenters. The molecule has 2 nitrogen and oxygen atoms in total. The summed E-state index contributed by atoms with van der Waals surface area (Å²) in [5, 5.41) is 8.11. The maximum atomic E-state index is 5.69. The largest absolute Gasteiger partial charge is 0.257 e. The molecule has 0 N–H and O–H groups in total. The van der Waals surface area contributed by atoms with E-state index in [1.807, 2.05) is 42.6 Å². The summed E-state index contributed by atoms with van der Waals surface area (Å²) in [5.74, 6) is 0. The van der Waals surface area contributed by atoms with Crippen LogP contribution in [0.2, 0.25) is 0 Å². The Morgan fingerprint density at radius 1 is 1.31 bits per heavy atom. The Kier molecular flexibility index (Phi) is 2.32. The minimum absolute atomic E-state index is 0.374. The number of benzene rings is 1. The van der Waals surface area contributed by atoms with E-state index in [1.165, 1.54) is 0 Å². The van der Waals surface area contributed by atoms with E-state index in [1.54, 1.807) is 5.01 Å². The smallest absolute Gasteiger partial charge is 0.115 e. The molecule has 0 aromatic heterocycles. The minimum atomic E-state index is 0.374. The number of hydrogen-bond donors (Lipinski definition) is 0. The number of halogens is 1. The van der Waals surface area contributed by atoms with Gasteiger partial charge in [0.1, 0.15) is 6.00 Å². The maximum absolute atomic E-state index is 5.69. The molecule has 0 bridgehead atoms. The lowest BCUT2D eigenvalue weighted by molar-refractivity contribution is 0.450. The molecule has 0 aliphatic carbocycles. The lowest BCUT2D eigenvalue weighted by atomic mass is 10.3. The monoisotopic (exact) mass is 192 g/mol. The highest BCUT2D eigenvalue weighted by atomic mass is 35.5. The Hall–Kier alpha value is -1.28. The van der Waals surface area contributed by atoms with E-state index >= 15 is 0 Å². The SMILES string of the molecule is ClCN1C=CC=c2ccccc2=N1. The van der Waals surface area contributed by atoms with Crippen molar-refractivity contribution in [3.63, 3.8) is 0 Å². The Morgan fingerprint density at radius 2 is 2.15 bits per heavy atom. The standard InChI is InChI=1S/C10H9ClN2/c11-8-13-7-3-5-9-4-1-2-6-10(9)12-13/h1-7H,8H2. The fourth-order valence-electron chi connectivity index (χ4n) is 1.20. The van der Waals surface area contributed by atoms with Gasteiger partial charge in [0.2, 0.25) is 0 Å². The number of fused-ring (bicyclic) bond motifs is 1. The highest BCUT2D eigenvalue weighted by molar-refractivity contribution is 6.17. The van der Waals surface area contributed by atoms with Gasteiger partial charge in [0.15, 0.2) is 0 Å². The fourth-order valence-corrected chi connectivity index (χ4v) is 1.34. The molecule has 0 fully saturated rings. The molecule has 1 aliphatic rings. The molecular formula is C10H9ClN2. The van der Waals surface area contributed by atoms with E-state index < -0.39 is 0 Å². The van der Waals surface area contributed by atoms with Gasteiger partial charge < -0.3 is 0 Å². The van der Waals surface area contributed by atoms with E-state index in [9.17, 15) is 0 Å². The Morgan fingerprint density at radius 3 is 3.00 bits per heavy atom. The molecular weight excluding hydrogens is 184 g/mol. The zero-order valence-electron chi connectivity index (χ0n) is 7.02.